The average Bonchev–Trinajstić information content (AvgIpc) is 2.96. The molecule has 6 heteroatoms. The Hall–Kier alpha value is -3.15. The fourth-order valence-electron chi connectivity index (χ4n) is 5.22. The molecule has 1 N–H and O–H groups in total. The van der Waals surface area contributed by atoms with Crippen LogP contribution in [0.1, 0.15) is 55.9 Å². The Morgan fingerprint density at radius 1 is 1.03 bits per heavy atom. The van der Waals surface area contributed by atoms with Crippen molar-refractivity contribution in [2.24, 2.45) is 0 Å². The zero-order valence-corrected chi connectivity index (χ0v) is 18.3. The number of nitrogens with one attached hydrogen (secondary N) is 1. The van der Waals surface area contributed by atoms with Gasteiger partial charge < -0.3 is 9.88 Å². The third kappa shape index (κ3) is 3.38. The van der Waals surface area contributed by atoms with Crippen LogP contribution in [-0.2, 0) is 11.3 Å². The Balaban J connectivity index is 1.61. The highest BCUT2D eigenvalue weighted by Gasteiger charge is 2.49. The summed E-state index contributed by atoms with van der Waals surface area (Å²) in [5, 5.41) is 4.14. The molecule has 2 aromatic carbocycles. The summed E-state index contributed by atoms with van der Waals surface area (Å²) in [6.07, 6.45) is 6.42. The van der Waals surface area contributed by atoms with Gasteiger partial charge in [0.2, 0.25) is 5.91 Å². The Morgan fingerprint density at radius 3 is 2.47 bits per heavy atom. The van der Waals surface area contributed by atoms with Crippen LogP contribution in [0.25, 0.3) is 10.9 Å². The Morgan fingerprint density at radius 2 is 1.72 bits per heavy atom. The van der Waals surface area contributed by atoms with Gasteiger partial charge in [-0.1, -0.05) is 56.0 Å². The lowest BCUT2D eigenvalue weighted by molar-refractivity contribution is -0.127. The van der Waals surface area contributed by atoms with Crippen molar-refractivity contribution in [3.05, 3.63) is 66.1 Å². The zero-order chi connectivity index (χ0) is 22.3. The van der Waals surface area contributed by atoms with Crippen LogP contribution in [0.2, 0.25) is 0 Å². The number of aromatic nitrogens is 1. The van der Waals surface area contributed by atoms with Crippen LogP contribution < -0.4 is 10.2 Å². The van der Waals surface area contributed by atoms with Crippen LogP contribution in [0.5, 0.6) is 0 Å². The van der Waals surface area contributed by atoms with Crippen LogP contribution in [0.3, 0.4) is 0 Å². The van der Waals surface area contributed by atoms with Crippen molar-refractivity contribution in [2.45, 2.75) is 63.6 Å². The van der Waals surface area contributed by atoms with E-state index in [4.69, 9.17) is 0 Å². The summed E-state index contributed by atoms with van der Waals surface area (Å²) in [5.41, 5.74) is 0.236. The Kier molecular flexibility index (Phi) is 5.24. The molecule has 1 unspecified atom stereocenters. The van der Waals surface area contributed by atoms with Crippen molar-refractivity contribution in [3.8, 4) is 0 Å². The number of amides is 2. The minimum absolute atomic E-state index is 0.0854. The van der Waals surface area contributed by atoms with E-state index in [0.717, 1.165) is 36.6 Å². The van der Waals surface area contributed by atoms with Crippen LogP contribution in [0, 0.1) is 5.82 Å². The first-order valence-corrected chi connectivity index (χ1v) is 11.5. The number of nitrogens with zero attached hydrogens (tertiary/aromatic N) is 2. The first-order chi connectivity index (χ1) is 15.5. The van der Waals surface area contributed by atoms with Gasteiger partial charge in [0.05, 0.1) is 12.2 Å². The standard InChI is InChI=1S/C26H28FN3O2/c1-26(25(32)28-19-11-4-2-3-5-12-19)17-29-21-14-8-6-10-18(21)16-23(29)24(31)30(26)22-15-9-7-13-20(22)27/h6-10,13-16,19H,2-5,11-12,17H2,1H3,(H,28,32). The molecule has 0 spiro atoms. The number of fused-ring (bicyclic) bond motifs is 3. The number of anilines is 1. The lowest BCUT2D eigenvalue weighted by Gasteiger charge is -2.44. The molecule has 0 bridgehead atoms. The molecule has 2 aliphatic rings. The summed E-state index contributed by atoms with van der Waals surface area (Å²) in [5.74, 6) is -1.11. The van der Waals surface area contributed by atoms with Crippen molar-refractivity contribution < 1.29 is 14.0 Å². The van der Waals surface area contributed by atoms with E-state index in [0.29, 0.717) is 5.69 Å². The molecular formula is C26H28FN3O2. The van der Waals surface area contributed by atoms with Crippen molar-refractivity contribution in [1.29, 1.82) is 0 Å². The molecule has 2 heterocycles. The summed E-state index contributed by atoms with van der Waals surface area (Å²) < 4.78 is 16.8. The molecule has 5 rings (SSSR count). The van der Waals surface area contributed by atoms with E-state index in [2.05, 4.69) is 5.32 Å². The predicted molar refractivity (Wildman–Crippen MR) is 123 cm³/mol. The molecule has 0 radical (unpaired) electrons. The van der Waals surface area contributed by atoms with Crippen LogP contribution in [0.15, 0.2) is 54.6 Å². The Bertz CT molecular complexity index is 1180. The van der Waals surface area contributed by atoms with Crippen LogP contribution >= 0.6 is 0 Å². The fraction of sp³-hybridized carbons (Fsp3) is 0.385. The zero-order valence-electron chi connectivity index (χ0n) is 18.3. The minimum atomic E-state index is -1.26. The molecule has 2 amide bonds. The molecule has 5 nitrogen and oxygen atoms in total. The third-order valence-corrected chi connectivity index (χ3v) is 6.97. The predicted octanol–water partition coefficient (Wildman–Crippen LogP) is 5.04. The van der Waals surface area contributed by atoms with E-state index in [9.17, 15) is 14.0 Å². The van der Waals surface area contributed by atoms with Crippen molar-refractivity contribution in [1.82, 2.24) is 9.88 Å². The molecule has 0 saturated heterocycles. The molecule has 1 saturated carbocycles. The number of carbonyl (C=O) groups is 2. The van der Waals surface area contributed by atoms with Crippen LogP contribution in [-0.4, -0.2) is 28.0 Å². The van der Waals surface area contributed by atoms with E-state index in [1.165, 1.54) is 23.8 Å². The largest absolute Gasteiger partial charge is 0.351 e. The summed E-state index contributed by atoms with van der Waals surface area (Å²) in [6, 6.07) is 15.8. The van der Waals surface area contributed by atoms with Gasteiger partial charge in [-0.25, -0.2) is 4.39 Å². The van der Waals surface area contributed by atoms with E-state index >= 15 is 0 Å². The van der Waals surface area contributed by atoms with Gasteiger partial charge in [-0.2, -0.15) is 0 Å². The van der Waals surface area contributed by atoms with Crippen molar-refractivity contribution in [3.63, 3.8) is 0 Å². The summed E-state index contributed by atoms with van der Waals surface area (Å²) in [4.78, 5) is 28.9. The molecule has 1 aromatic heterocycles. The quantitative estimate of drug-likeness (QED) is 0.589. The molecule has 3 aromatic rings. The van der Waals surface area contributed by atoms with Gasteiger partial charge in [0.25, 0.3) is 5.91 Å². The average molecular weight is 434 g/mol. The van der Waals surface area contributed by atoms with Gasteiger partial charge in [-0.15, -0.1) is 0 Å². The van der Waals surface area contributed by atoms with Gasteiger partial charge in [0.15, 0.2) is 0 Å². The minimum Gasteiger partial charge on any atom is -0.351 e. The second-order valence-corrected chi connectivity index (χ2v) is 9.20. The SMILES string of the molecule is CC1(C(=O)NC2CCCCCC2)Cn2c(cc3ccccc32)C(=O)N1c1ccccc1F. The first-order valence-electron chi connectivity index (χ1n) is 11.5. The third-order valence-electron chi connectivity index (χ3n) is 6.97. The molecular weight excluding hydrogens is 405 g/mol. The summed E-state index contributed by atoms with van der Waals surface area (Å²) in [6.45, 7) is 2.01. The molecule has 1 aliphatic heterocycles. The number of benzene rings is 2. The van der Waals surface area contributed by atoms with Crippen molar-refractivity contribution >= 4 is 28.4 Å². The molecule has 32 heavy (non-hydrogen) atoms. The lowest BCUT2D eigenvalue weighted by atomic mass is 9.92. The van der Waals surface area contributed by atoms with Gasteiger partial charge >= 0.3 is 0 Å². The highest BCUT2D eigenvalue weighted by atomic mass is 19.1. The van der Waals surface area contributed by atoms with Gasteiger partial charge in [0, 0.05) is 16.9 Å². The Labute approximate surface area is 187 Å². The summed E-state index contributed by atoms with van der Waals surface area (Å²) in [7, 11) is 0. The number of rotatable bonds is 3. The van der Waals surface area contributed by atoms with E-state index in [1.54, 1.807) is 25.1 Å². The highest BCUT2D eigenvalue weighted by molar-refractivity contribution is 6.14. The van der Waals surface area contributed by atoms with Gasteiger partial charge in [-0.05, 0) is 44.0 Å². The fourth-order valence-corrected chi connectivity index (χ4v) is 5.22. The topological polar surface area (TPSA) is 54.3 Å². The smallest absolute Gasteiger partial charge is 0.276 e. The van der Waals surface area contributed by atoms with E-state index in [-0.39, 0.29) is 30.1 Å². The molecule has 1 fully saturated rings. The molecule has 166 valence electrons. The number of hydrogen-bond acceptors (Lipinski definition) is 2. The summed E-state index contributed by atoms with van der Waals surface area (Å²) >= 11 is 0. The maximum absolute atomic E-state index is 14.9. The monoisotopic (exact) mass is 433 g/mol. The second kappa shape index (κ2) is 8.08. The first kappa shape index (κ1) is 20.7. The number of halogens is 1. The maximum atomic E-state index is 14.9. The van der Waals surface area contributed by atoms with E-state index in [1.807, 2.05) is 34.9 Å². The number of hydrogen-bond donors (Lipinski definition) is 1. The number of para-hydroxylation sites is 2. The molecule has 1 atom stereocenters. The lowest BCUT2D eigenvalue weighted by Crippen LogP contribution is -2.65. The molecule has 1 aliphatic carbocycles. The second-order valence-electron chi connectivity index (χ2n) is 9.20. The van der Waals surface area contributed by atoms with Crippen molar-refractivity contribution in [2.75, 3.05) is 4.90 Å². The maximum Gasteiger partial charge on any atom is 0.276 e. The van der Waals surface area contributed by atoms with Gasteiger partial charge in [0.1, 0.15) is 17.1 Å². The normalized spacial score (nSPS) is 21.9. The number of carbonyl (C=O) groups excluding carboxylic acids is 2. The van der Waals surface area contributed by atoms with Gasteiger partial charge in [-0.3, -0.25) is 14.5 Å². The van der Waals surface area contributed by atoms with E-state index < -0.39 is 11.4 Å². The highest BCUT2D eigenvalue weighted by Crippen LogP contribution is 2.37. The van der Waals surface area contributed by atoms with Crippen LogP contribution in [0.4, 0.5) is 10.1 Å².